The van der Waals surface area contributed by atoms with Gasteiger partial charge in [-0.05, 0) is 45.0 Å². The van der Waals surface area contributed by atoms with Crippen LogP contribution in [0.4, 0.5) is 0 Å². The zero-order valence-corrected chi connectivity index (χ0v) is 17.6. The number of fused-ring (bicyclic) bond motifs is 1. The summed E-state index contributed by atoms with van der Waals surface area (Å²) in [4.78, 5) is 16.6. The van der Waals surface area contributed by atoms with E-state index in [-0.39, 0.29) is 18.3 Å². The number of carbonyl (C=O) groups excluding carboxylic acids is 1. The Bertz CT molecular complexity index is 960. The lowest BCUT2D eigenvalue weighted by Crippen LogP contribution is -2.43. The summed E-state index contributed by atoms with van der Waals surface area (Å²) in [6.07, 6.45) is 2.00. The van der Waals surface area contributed by atoms with Crippen molar-refractivity contribution in [3.05, 3.63) is 45.9 Å². The molecule has 4 rings (SSSR count). The van der Waals surface area contributed by atoms with E-state index in [0.717, 1.165) is 52.4 Å². The van der Waals surface area contributed by atoms with E-state index in [1.54, 1.807) is 0 Å². The molecule has 3 aromatic rings. The van der Waals surface area contributed by atoms with Crippen LogP contribution in [0.25, 0.3) is 15.9 Å². The van der Waals surface area contributed by atoms with E-state index in [4.69, 9.17) is 11.6 Å². The first-order valence-corrected chi connectivity index (χ1v) is 9.98. The standard InChI is InChI=1S/C19H21ClN4OS.ClH/c1-12-14-11-17(18(25)23-9-7-13(21-2)8-10-23)26-19(14)24(22-12)16-6-4-3-5-15(16)20;/h3-6,11,13,21H,7-10H2,1-2H3;1H. The molecule has 8 heteroatoms. The molecule has 0 bridgehead atoms. The van der Waals surface area contributed by atoms with Crippen LogP contribution in [0.1, 0.15) is 28.2 Å². The SMILES string of the molecule is CNC1CCN(C(=O)c2cc3c(C)nn(-c4ccccc4Cl)c3s2)CC1.Cl. The number of para-hydroxylation sites is 1. The van der Waals surface area contributed by atoms with E-state index >= 15 is 0 Å². The second-order valence-corrected chi connectivity index (χ2v) is 8.07. The summed E-state index contributed by atoms with van der Waals surface area (Å²) >= 11 is 7.84. The Balaban J connectivity index is 0.00000210. The van der Waals surface area contributed by atoms with E-state index in [2.05, 4.69) is 10.4 Å². The van der Waals surface area contributed by atoms with Crippen LogP contribution in [0.15, 0.2) is 30.3 Å². The number of aromatic nitrogens is 2. The fourth-order valence-electron chi connectivity index (χ4n) is 3.47. The van der Waals surface area contributed by atoms with Gasteiger partial charge in [0.15, 0.2) is 0 Å². The molecule has 0 atom stereocenters. The van der Waals surface area contributed by atoms with Gasteiger partial charge in [0, 0.05) is 24.5 Å². The summed E-state index contributed by atoms with van der Waals surface area (Å²) in [5.74, 6) is 0.117. The van der Waals surface area contributed by atoms with Crippen molar-refractivity contribution >= 4 is 51.5 Å². The van der Waals surface area contributed by atoms with Crippen molar-refractivity contribution in [2.75, 3.05) is 20.1 Å². The van der Waals surface area contributed by atoms with Crippen molar-refractivity contribution < 1.29 is 4.79 Å². The number of halogens is 2. The lowest BCUT2D eigenvalue weighted by Gasteiger charge is -2.31. The van der Waals surface area contributed by atoms with Gasteiger partial charge in [-0.25, -0.2) is 4.68 Å². The molecule has 0 unspecified atom stereocenters. The number of thiophene rings is 1. The monoisotopic (exact) mass is 424 g/mol. The first-order valence-electron chi connectivity index (χ1n) is 8.79. The maximum absolute atomic E-state index is 12.9. The average Bonchev–Trinajstić information content (AvgIpc) is 3.23. The normalized spacial score (nSPS) is 15.1. The second-order valence-electron chi connectivity index (χ2n) is 6.63. The molecule has 1 N–H and O–H groups in total. The fraction of sp³-hybridized carbons (Fsp3) is 0.368. The molecule has 0 aliphatic carbocycles. The van der Waals surface area contributed by atoms with Gasteiger partial charge in [0.2, 0.25) is 0 Å². The van der Waals surface area contributed by atoms with Crippen LogP contribution >= 0.6 is 35.3 Å². The third kappa shape index (κ3) is 3.72. The van der Waals surface area contributed by atoms with Gasteiger partial charge in [-0.15, -0.1) is 23.7 Å². The third-order valence-electron chi connectivity index (χ3n) is 5.03. The highest BCUT2D eigenvalue weighted by atomic mass is 35.5. The van der Waals surface area contributed by atoms with Crippen LogP contribution in [0.3, 0.4) is 0 Å². The van der Waals surface area contributed by atoms with Crippen LogP contribution in [-0.4, -0.2) is 46.8 Å². The molecular formula is C19H22Cl2N4OS. The molecule has 0 radical (unpaired) electrons. The molecule has 3 heterocycles. The van der Waals surface area contributed by atoms with Gasteiger partial charge < -0.3 is 10.2 Å². The van der Waals surface area contributed by atoms with Gasteiger partial charge in [-0.3, -0.25) is 4.79 Å². The first kappa shape index (κ1) is 20.1. The highest BCUT2D eigenvalue weighted by Crippen LogP contribution is 2.33. The first-order chi connectivity index (χ1) is 12.6. The van der Waals surface area contributed by atoms with Crippen molar-refractivity contribution in [3.63, 3.8) is 0 Å². The van der Waals surface area contributed by atoms with Crippen LogP contribution in [0, 0.1) is 6.92 Å². The zero-order valence-electron chi connectivity index (χ0n) is 15.2. The number of piperidine rings is 1. The van der Waals surface area contributed by atoms with Crippen LogP contribution < -0.4 is 5.32 Å². The minimum atomic E-state index is 0. The molecular weight excluding hydrogens is 403 g/mol. The van der Waals surface area contributed by atoms with E-state index < -0.39 is 0 Å². The Morgan fingerprint density at radius 1 is 1.30 bits per heavy atom. The molecule has 144 valence electrons. The summed E-state index contributed by atoms with van der Waals surface area (Å²) in [6, 6.07) is 10.1. The number of carbonyl (C=O) groups is 1. The fourth-order valence-corrected chi connectivity index (χ4v) is 4.83. The summed E-state index contributed by atoms with van der Waals surface area (Å²) < 4.78 is 1.85. The van der Waals surface area contributed by atoms with Crippen molar-refractivity contribution in [1.82, 2.24) is 20.0 Å². The highest BCUT2D eigenvalue weighted by molar-refractivity contribution is 7.20. The van der Waals surface area contributed by atoms with E-state index in [9.17, 15) is 4.79 Å². The quantitative estimate of drug-likeness (QED) is 0.681. The second kappa shape index (κ2) is 8.19. The number of amides is 1. The Labute approximate surface area is 173 Å². The minimum Gasteiger partial charge on any atom is -0.338 e. The largest absolute Gasteiger partial charge is 0.338 e. The zero-order chi connectivity index (χ0) is 18.3. The average molecular weight is 425 g/mol. The van der Waals surface area contributed by atoms with Gasteiger partial charge >= 0.3 is 0 Å². The number of hydrogen-bond donors (Lipinski definition) is 1. The van der Waals surface area contributed by atoms with Crippen LogP contribution in [0.5, 0.6) is 0 Å². The van der Waals surface area contributed by atoms with Gasteiger partial charge in [0.1, 0.15) is 4.83 Å². The highest BCUT2D eigenvalue weighted by Gasteiger charge is 2.25. The van der Waals surface area contributed by atoms with E-state index in [1.165, 1.54) is 11.3 Å². The maximum atomic E-state index is 12.9. The predicted molar refractivity (Wildman–Crippen MR) is 114 cm³/mol. The molecule has 2 aromatic heterocycles. The van der Waals surface area contributed by atoms with Crippen molar-refractivity contribution in [2.24, 2.45) is 0 Å². The van der Waals surface area contributed by atoms with Crippen molar-refractivity contribution in [1.29, 1.82) is 0 Å². The summed E-state index contributed by atoms with van der Waals surface area (Å²) in [5.41, 5.74) is 1.74. The Morgan fingerprint density at radius 3 is 2.67 bits per heavy atom. The number of likely N-dealkylation sites (tertiary alicyclic amines) is 1. The Morgan fingerprint density at radius 2 is 2.00 bits per heavy atom. The van der Waals surface area contributed by atoms with E-state index in [1.807, 2.05) is 53.9 Å². The van der Waals surface area contributed by atoms with Gasteiger partial charge in [-0.2, -0.15) is 5.10 Å². The molecule has 27 heavy (non-hydrogen) atoms. The van der Waals surface area contributed by atoms with Gasteiger partial charge in [0.25, 0.3) is 5.91 Å². The molecule has 1 fully saturated rings. The molecule has 0 saturated carbocycles. The number of hydrogen-bond acceptors (Lipinski definition) is 4. The van der Waals surface area contributed by atoms with Crippen molar-refractivity contribution in [2.45, 2.75) is 25.8 Å². The molecule has 1 amide bonds. The number of rotatable bonds is 3. The van der Waals surface area contributed by atoms with Crippen LogP contribution in [-0.2, 0) is 0 Å². The maximum Gasteiger partial charge on any atom is 0.264 e. The minimum absolute atomic E-state index is 0. The molecule has 0 spiro atoms. The van der Waals surface area contributed by atoms with Gasteiger partial charge in [0.05, 0.1) is 21.3 Å². The molecule has 1 aliphatic rings. The smallest absolute Gasteiger partial charge is 0.264 e. The number of nitrogens with one attached hydrogen (secondary N) is 1. The number of aryl methyl sites for hydroxylation is 1. The summed E-state index contributed by atoms with van der Waals surface area (Å²) in [6.45, 7) is 3.57. The predicted octanol–water partition coefficient (Wildman–Crippen LogP) is 4.29. The molecule has 5 nitrogen and oxygen atoms in total. The lowest BCUT2D eigenvalue weighted by atomic mass is 10.1. The Hall–Kier alpha value is -1.60. The number of nitrogens with zero attached hydrogens (tertiary/aromatic N) is 3. The summed E-state index contributed by atoms with van der Waals surface area (Å²) in [5, 5.41) is 9.59. The molecule has 1 saturated heterocycles. The third-order valence-corrected chi connectivity index (χ3v) is 6.44. The topological polar surface area (TPSA) is 50.2 Å². The Kier molecular flexibility index (Phi) is 6.11. The molecule has 1 aliphatic heterocycles. The molecule has 1 aromatic carbocycles. The van der Waals surface area contributed by atoms with E-state index in [0.29, 0.717) is 11.1 Å². The summed E-state index contributed by atoms with van der Waals surface area (Å²) in [7, 11) is 1.98. The van der Waals surface area contributed by atoms with Crippen molar-refractivity contribution in [3.8, 4) is 5.69 Å². The number of benzene rings is 1. The lowest BCUT2D eigenvalue weighted by molar-refractivity contribution is 0.0712. The van der Waals surface area contributed by atoms with Crippen LogP contribution in [0.2, 0.25) is 5.02 Å². The van der Waals surface area contributed by atoms with Gasteiger partial charge in [-0.1, -0.05) is 23.7 Å².